The van der Waals surface area contributed by atoms with E-state index in [-0.39, 0.29) is 0 Å². The number of fused-ring (bicyclic) bond motifs is 1. The maximum Gasteiger partial charge on any atom is 0.208 e. The van der Waals surface area contributed by atoms with E-state index in [9.17, 15) is 9.67 Å². The molecule has 4 unspecified atom stereocenters. The highest BCUT2D eigenvalue weighted by atomic mass is 31.2. The molecule has 1 aliphatic carbocycles. The molecule has 0 aromatic heterocycles. The standard InChI is InChI=1S/C12H23O3P/c1-9-6-7-11(4)10(2,3)16(5,14)15-12(11,13)8-9/h9,13H,6-8H2,1-5H3. The van der Waals surface area contributed by atoms with Crippen molar-refractivity contribution in [2.75, 3.05) is 6.66 Å². The number of hydrogen-bond donors (Lipinski definition) is 1. The molecule has 0 radical (unpaired) electrons. The summed E-state index contributed by atoms with van der Waals surface area (Å²) in [6, 6.07) is 0. The summed E-state index contributed by atoms with van der Waals surface area (Å²) in [6.07, 6.45) is 2.56. The van der Waals surface area contributed by atoms with Gasteiger partial charge in [-0.2, -0.15) is 0 Å². The molecule has 4 heteroatoms. The molecule has 1 saturated carbocycles. The third kappa shape index (κ3) is 1.26. The zero-order chi connectivity index (χ0) is 12.4. The summed E-state index contributed by atoms with van der Waals surface area (Å²) in [5, 5.41) is 10.3. The van der Waals surface area contributed by atoms with Gasteiger partial charge in [0.1, 0.15) is 0 Å². The highest BCUT2D eigenvalue weighted by Gasteiger charge is 2.71. The van der Waals surface area contributed by atoms with Gasteiger partial charge in [0.2, 0.25) is 7.37 Å². The summed E-state index contributed by atoms with van der Waals surface area (Å²) in [5.74, 6) is -0.759. The Balaban J connectivity index is 2.52. The van der Waals surface area contributed by atoms with Gasteiger partial charge in [-0.05, 0) is 18.8 Å². The first-order valence-corrected chi connectivity index (χ1v) is 8.14. The van der Waals surface area contributed by atoms with E-state index in [1.165, 1.54) is 0 Å². The molecule has 1 heterocycles. The van der Waals surface area contributed by atoms with E-state index >= 15 is 0 Å². The maximum absolute atomic E-state index is 12.6. The highest BCUT2D eigenvalue weighted by Crippen LogP contribution is 2.77. The third-order valence-electron chi connectivity index (χ3n) is 5.32. The van der Waals surface area contributed by atoms with Crippen LogP contribution in [0.15, 0.2) is 0 Å². The summed E-state index contributed by atoms with van der Waals surface area (Å²) >= 11 is 0. The highest BCUT2D eigenvalue weighted by molar-refractivity contribution is 7.60. The fourth-order valence-electron chi connectivity index (χ4n) is 3.30. The number of hydrogen-bond acceptors (Lipinski definition) is 3. The van der Waals surface area contributed by atoms with Crippen LogP contribution in [0.25, 0.3) is 0 Å². The molecular formula is C12H23O3P. The largest absolute Gasteiger partial charge is 0.365 e. The Hall–Kier alpha value is 0.150. The Bertz CT molecular complexity index is 365. The quantitative estimate of drug-likeness (QED) is 0.667. The van der Waals surface area contributed by atoms with E-state index in [1.54, 1.807) is 6.66 Å². The van der Waals surface area contributed by atoms with E-state index in [4.69, 9.17) is 4.52 Å². The van der Waals surface area contributed by atoms with Gasteiger partial charge in [0.15, 0.2) is 5.79 Å². The minimum absolute atomic E-state index is 0.392. The van der Waals surface area contributed by atoms with Gasteiger partial charge in [0.05, 0.1) is 5.16 Å². The van der Waals surface area contributed by atoms with Crippen molar-refractivity contribution in [1.82, 2.24) is 0 Å². The molecule has 1 aliphatic heterocycles. The molecule has 2 fully saturated rings. The fraction of sp³-hybridized carbons (Fsp3) is 1.00. The van der Waals surface area contributed by atoms with Crippen LogP contribution in [0.5, 0.6) is 0 Å². The van der Waals surface area contributed by atoms with E-state index in [2.05, 4.69) is 6.92 Å². The molecule has 16 heavy (non-hydrogen) atoms. The summed E-state index contributed by atoms with van der Waals surface area (Å²) in [5.41, 5.74) is -0.392. The van der Waals surface area contributed by atoms with Crippen LogP contribution in [0.1, 0.15) is 47.0 Å². The minimum atomic E-state index is -2.76. The van der Waals surface area contributed by atoms with Gasteiger partial charge in [-0.15, -0.1) is 0 Å². The van der Waals surface area contributed by atoms with Gasteiger partial charge in [0, 0.05) is 18.5 Å². The Labute approximate surface area is 98.0 Å². The van der Waals surface area contributed by atoms with Gasteiger partial charge < -0.3 is 5.11 Å². The average Bonchev–Trinajstić information content (AvgIpc) is 2.19. The Morgan fingerprint density at radius 2 is 1.94 bits per heavy atom. The first-order valence-electron chi connectivity index (χ1n) is 6.06. The van der Waals surface area contributed by atoms with Crippen molar-refractivity contribution in [1.29, 1.82) is 0 Å². The molecule has 1 saturated heterocycles. The molecule has 3 nitrogen and oxygen atoms in total. The lowest BCUT2D eigenvalue weighted by Crippen LogP contribution is -2.54. The predicted molar refractivity (Wildman–Crippen MR) is 64.8 cm³/mol. The van der Waals surface area contributed by atoms with Crippen LogP contribution in [0, 0.1) is 11.3 Å². The maximum atomic E-state index is 12.6. The molecule has 4 atom stereocenters. The average molecular weight is 246 g/mol. The fourth-order valence-corrected chi connectivity index (χ4v) is 5.57. The second-order valence-electron chi connectivity index (χ2n) is 6.46. The summed E-state index contributed by atoms with van der Waals surface area (Å²) in [7, 11) is -2.76. The van der Waals surface area contributed by atoms with Crippen LogP contribution in [-0.4, -0.2) is 22.7 Å². The number of aliphatic hydroxyl groups is 1. The lowest BCUT2D eigenvalue weighted by molar-refractivity contribution is -0.229. The first-order chi connectivity index (χ1) is 7.06. The minimum Gasteiger partial charge on any atom is -0.365 e. The second-order valence-corrected chi connectivity index (χ2v) is 9.45. The first kappa shape index (κ1) is 12.6. The molecular weight excluding hydrogens is 223 g/mol. The third-order valence-corrected chi connectivity index (χ3v) is 8.49. The van der Waals surface area contributed by atoms with Gasteiger partial charge >= 0.3 is 0 Å². The summed E-state index contributed by atoms with van der Waals surface area (Å²) < 4.78 is 18.2. The van der Waals surface area contributed by atoms with Gasteiger partial charge in [-0.1, -0.05) is 27.7 Å². The van der Waals surface area contributed by atoms with Crippen molar-refractivity contribution in [3.8, 4) is 0 Å². The summed E-state index contributed by atoms with van der Waals surface area (Å²) in [4.78, 5) is 0. The van der Waals surface area contributed by atoms with Crippen molar-refractivity contribution < 1.29 is 14.2 Å². The van der Waals surface area contributed by atoms with Crippen LogP contribution < -0.4 is 0 Å². The normalized spacial score (nSPS) is 56.0. The molecule has 0 bridgehead atoms. The number of rotatable bonds is 0. The Morgan fingerprint density at radius 1 is 1.38 bits per heavy atom. The Kier molecular flexibility index (Phi) is 2.46. The lowest BCUT2D eigenvalue weighted by Gasteiger charge is -2.48. The second kappa shape index (κ2) is 3.13. The van der Waals surface area contributed by atoms with Crippen molar-refractivity contribution in [3.05, 3.63) is 0 Å². The lowest BCUT2D eigenvalue weighted by atomic mass is 9.61. The Morgan fingerprint density at radius 3 is 2.50 bits per heavy atom. The summed E-state index contributed by atoms with van der Waals surface area (Å²) in [6.45, 7) is 9.76. The van der Waals surface area contributed by atoms with Crippen molar-refractivity contribution in [2.24, 2.45) is 11.3 Å². The molecule has 0 amide bonds. The van der Waals surface area contributed by atoms with E-state index in [1.807, 2.05) is 20.8 Å². The van der Waals surface area contributed by atoms with Crippen molar-refractivity contribution in [3.63, 3.8) is 0 Å². The monoisotopic (exact) mass is 246 g/mol. The molecule has 0 spiro atoms. The van der Waals surface area contributed by atoms with Gasteiger partial charge in [-0.25, -0.2) is 0 Å². The molecule has 1 N–H and O–H groups in total. The van der Waals surface area contributed by atoms with Gasteiger partial charge in [0.25, 0.3) is 0 Å². The molecule has 0 aromatic rings. The topological polar surface area (TPSA) is 46.5 Å². The molecule has 94 valence electrons. The smallest absolute Gasteiger partial charge is 0.208 e. The zero-order valence-corrected chi connectivity index (χ0v) is 11.8. The molecule has 2 rings (SSSR count). The van der Waals surface area contributed by atoms with Crippen LogP contribution in [0.4, 0.5) is 0 Å². The van der Waals surface area contributed by atoms with E-state index in [0.717, 1.165) is 12.8 Å². The predicted octanol–water partition coefficient (Wildman–Crippen LogP) is 3.22. The van der Waals surface area contributed by atoms with E-state index in [0.29, 0.717) is 12.3 Å². The molecule has 2 aliphatic rings. The van der Waals surface area contributed by atoms with E-state index < -0.39 is 23.7 Å². The van der Waals surface area contributed by atoms with Crippen molar-refractivity contribution in [2.45, 2.75) is 57.9 Å². The zero-order valence-electron chi connectivity index (χ0n) is 10.9. The van der Waals surface area contributed by atoms with Gasteiger partial charge in [-0.3, -0.25) is 9.09 Å². The SMILES string of the molecule is CC1CCC2(C)C(O)(C1)OP(C)(=O)C2(C)C. The van der Waals surface area contributed by atoms with Crippen LogP contribution >= 0.6 is 7.37 Å². The van der Waals surface area contributed by atoms with Crippen LogP contribution in [0.3, 0.4) is 0 Å². The van der Waals surface area contributed by atoms with Crippen molar-refractivity contribution >= 4 is 7.37 Å². The molecule has 0 aromatic carbocycles. The van der Waals surface area contributed by atoms with Crippen LogP contribution in [-0.2, 0) is 9.09 Å². The van der Waals surface area contributed by atoms with Crippen LogP contribution in [0.2, 0.25) is 0 Å².